The summed E-state index contributed by atoms with van der Waals surface area (Å²) in [5.41, 5.74) is 3.62. The standard InChI is InChI=1S/C21H20ClNO2S/c1-16-7-11-19(12-8-16)21(18-5-3-2-4-6-18)23-26(24,25)15-17-9-13-20(22)14-10-17/h2-14,21,23H,15H2,1H3/t21-/m1/s1. The molecule has 0 unspecified atom stereocenters. The summed E-state index contributed by atoms with van der Waals surface area (Å²) in [5, 5.41) is 0.584. The molecule has 0 saturated carbocycles. The monoisotopic (exact) mass is 385 g/mol. The smallest absolute Gasteiger partial charge is 0.212 e. The van der Waals surface area contributed by atoms with Crippen LogP contribution in [-0.4, -0.2) is 8.42 Å². The van der Waals surface area contributed by atoms with E-state index in [0.717, 1.165) is 16.7 Å². The Hall–Kier alpha value is -2.14. The summed E-state index contributed by atoms with van der Waals surface area (Å²) in [6, 6.07) is 23.9. The summed E-state index contributed by atoms with van der Waals surface area (Å²) >= 11 is 5.87. The molecule has 1 atom stereocenters. The van der Waals surface area contributed by atoms with E-state index in [1.165, 1.54) is 0 Å². The van der Waals surface area contributed by atoms with Crippen molar-refractivity contribution >= 4 is 21.6 Å². The summed E-state index contributed by atoms with van der Waals surface area (Å²) in [6.07, 6.45) is 0. The van der Waals surface area contributed by atoms with E-state index in [4.69, 9.17) is 11.6 Å². The van der Waals surface area contributed by atoms with Gasteiger partial charge in [-0.15, -0.1) is 0 Å². The molecule has 0 heterocycles. The SMILES string of the molecule is Cc1ccc([C@H](NS(=O)(=O)Cc2ccc(Cl)cc2)c2ccccc2)cc1. The van der Waals surface area contributed by atoms with E-state index in [1.807, 2.05) is 61.5 Å². The van der Waals surface area contributed by atoms with Gasteiger partial charge in [0.05, 0.1) is 11.8 Å². The second kappa shape index (κ2) is 8.04. The number of hydrogen-bond acceptors (Lipinski definition) is 2. The topological polar surface area (TPSA) is 46.2 Å². The van der Waals surface area contributed by atoms with Crippen molar-refractivity contribution in [2.75, 3.05) is 0 Å². The highest BCUT2D eigenvalue weighted by Gasteiger charge is 2.21. The number of sulfonamides is 1. The maximum absolute atomic E-state index is 12.8. The van der Waals surface area contributed by atoms with E-state index in [0.29, 0.717) is 10.6 Å². The molecule has 0 aliphatic rings. The van der Waals surface area contributed by atoms with Crippen LogP contribution in [-0.2, 0) is 15.8 Å². The fourth-order valence-corrected chi connectivity index (χ4v) is 4.23. The minimum Gasteiger partial charge on any atom is -0.212 e. The predicted octanol–water partition coefficient (Wildman–Crippen LogP) is 4.86. The number of benzene rings is 3. The van der Waals surface area contributed by atoms with Crippen LogP contribution in [0.3, 0.4) is 0 Å². The Balaban J connectivity index is 1.89. The van der Waals surface area contributed by atoms with Crippen LogP contribution in [0, 0.1) is 6.92 Å². The molecule has 3 rings (SSSR count). The van der Waals surface area contributed by atoms with Gasteiger partial charge in [-0.3, -0.25) is 0 Å². The van der Waals surface area contributed by atoms with Gasteiger partial charge in [0.15, 0.2) is 0 Å². The van der Waals surface area contributed by atoms with Crippen LogP contribution in [0.4, 0.5) is 0 Å². The molecule has 1 N–H and O–H groups in total. The quantitative estimate of drug-likeness (QED) is 0.658. The molecule has 0 aromatic heterocycles. The van der Waals surface area contributed by atoms with Crippen molar-refractivity contribution in [2.45, 2.75) is 18.7 Å². The van der Waals surface area contributed by atoms with Crippen LogP contribution in [0.2, 0.25) is 5.02 Å². The van der Waals surface area contributed by atoms with Crippen molar-refractivity contribution in [3.63, 3.8) is 0 Å². The molecule has 3 nitrogen and oxygen atoms in total. The zero-order valence-corrected chi connectivity index (χ0v) is 16.0. The van der Waals surface area contributed by atoms with Gasteiger partial charge in [-0.1, -0.05) is 83.9 Å². The number of rotatable bonds is 6. The van der Waals surface area contributed by atoms with Crippen LogP contribution in [0.1, 0.15) is 28.3 Å². The number of nitrogens with one attached hydrogen (secondary N) is 1. The van der Waals surface area contributed by atoms with E-state index in [2.05, 4.69) is 4.72 Å². The van der Waals surface area contributed by atoms with Gasteiger partial charge in [0.25, 0.3) is 0 Å². The highest BCUT2D eigenvalue weighted by Crippen LogP contribution is 2.24. The third-order valence-corrected chi connectivity index (χ3v) is 5.67. The fourth-order valence-electron chi connectivity index (χ4n) is 2.75. The van der Waals surface area contributed by atoms with Gasteiger partial charge in [-0.05, 0) is 35.7 Å². The van der Waals surface area contributed by atoms with Gasteiger partial charge in [0.1, 0.15) is 0 Å². The Kier molecular flexibility index (Phi) is 5.77. The third kappa shape index (κ3) is 4.94. The summed E-state index contributed by atoms with van der Waals surface area (Å²) in [4.78, 5) is 0. The molecule has 5 heteroatoms. The van der Waals surface area contributed by atoms with Crippen LogP contribution >= 0.6 is 11.6 Å². The molecule has 3 aromatic carbocycles. The van der Waals surface area contributed by atoms with Crippen LogP contribution in [0.15, 0.2) is 78.9 Å². The Morgan fingerprint density at radius 2 is 1.42 bits per heavy atom. The van der Waals surface area contributed by atoms with Gasteiger partial charge >= 0.3 is 0 Å². The first-order valence-electron chi connectivity index (χ1n) is 8.29. The first-order chi connectivity index (χ1) is 12.4. The van der Waals surface area contributed by atoms with Crippen molar-refractivity contribution in [3.05, 3.63) is 106 Å². The van der Waals surface area contributed by atoms with Crippen molar-refractivity contribution in [2.24, 2.45) is 0 Å². The summed E-state index contributed by atoms with van der Waals surface area (Å²) in [5.74, 6) is -0.0979. The average Bonchev–Trinajstić information content (AvgIpc) is 2.63. The lowest BCUT2D eigenvalue weighted by Crippen LogP contribution is -2.30. The van der Waals surface area contributed by atoms with Gasteiger partial charge in [0, 0.05) is 5.02 Å². The lowest BCUT2D eigenvalue weighted by Gasteiger charge is -2.20. The van der Waals surface area contributed by atoms with Gasteiger partial charge in [-0.25, -0.2) is 13.1 Å². The number of aryl methyl sites for hydroxylation is 1. The molecule has 3 aromatic rings. The Morgan fingerprint density at radius 3 is 2.04 bits per heavy atom. The molecule has 0 spiro atoms. The van der Waals surface area contributed by atoms with Crippen molar-refractivity contribution in [1.29, 1.82) is 0 Å². The summed E-state index contributed by atoms with van der Waals surface area (Å²) in [7, 11) is -3.55. The minimum absolute atomic E-state index is 0.0979. The summed E-state index contributed by atoms with van der Waals surface area (Å²) in [6.45, 7) is 2.01. The van der Waals surface area contributed by atoms with E-state index < -0.39 is 16.1 Å². The average molecular weight is 386 g/mol. The Labute approximate surface area is 159 Å². The van der Waals surface area contributed by atoms with Crippen LogP contribution < -0.4 is 4.72 Å². The fraction of sp³-hybridized carbons (Fsp3) is 0.143. The predicted molar refractivity (Wildman–Crippen MR) is 107 cm³/mol. The molecule has 0 aliphatic carbocycles. The molecule has 134 valence electrons. The molecular weight excluding hydrogens is 366 g/mol. The minimum atomic E-state index is -3.55. The third-order valence-electron chi connectivity index (χ3n) is 4.11. The molecule has 26 heavy (non-hydrogen) atoms. The molecule has 0 amide bonds. The van der Waals surface area contributed by atoms with Crippen LogP contribution in [0.5, 0.6) is 0 Å². The number of halogens is 1. The van der Waals surface area contributed by atoms with Crippen LogP contribution in [0.25, 0.3) is 0 Å². The second-order valence-corrected chi connectivity index (χ2v) is 8.45. The Bertz CT molecular complexity index is 953. The zero-order chi connectivity index (χ0) is 18.6. The second-order valence-electron chi connectivity index (χ2n) is 6.26. The largest absolute Gasteiger partial charge is 0.216 e. The molecule has 0 bridgehead atoms. The van der Waals surface area contributed by atoms with E-state index in [1.54, 1.807) is 24.3 Å². The molecular formula is C21H20ClNO2S. The van der Waals surface area contributed by atoms with Gasteiger partial charge in [-0.2, -0.15) is 0 Å². The Morgan fingerprint density at radius 1 is 0.846 bits per heavy atom. The van der Waals surface area contributed by atoms with Crippen molar-refractivity contribution < 1.29 is 8.42 Å². The van der Waals surface area contributed by atoms with Crippen molar-refractivity contribution in [1.82, 2.24) is 4.72 Å². The lowest BCUT2D eigenvalue weighted by molar-refractivity contribution is 0.571. The normalized spacial score (nSPS) is 12.7. The highest BCUT2D eigenvalue weighted by molar-refractivity contribution is 7.88. The van der Waals surface area contributed by atoms with Crippen molar-refractivity contribution in [3.8, 4) is 0 Å². The van der Waals surface area contributed by atoms with Gasteiger partial charge in [0.2, 0.25) is 10.0 Å². The molecule has 0 saturated heterocycles. The maximum atomic E-state index is 12.8. The first kappa shape index (κ1) is 18.6. The van der Waals surface area contributed by atoms with E-state index >= 15 is 0 Å². The van der Waals surface area contributed by atoms with E-state index in [9.17, 15) is 8.42 Å². The lowest BCUT2D eigenvalue weighted by atomic mass is 9.99. The van der Waals surface area contributed by atoms with Gasteiger partial charge < -0.3 is 0 Å². The summed E-state index contributed by atoms with van der Waals surface area (Å²) < 4.78 is 28.4. The molecule has 0 fully saturated rings. The molecule has 0 radical (unpaired) electrons. The highest BCUT2D eigenvalue weighted by atomic mass is 35.5. The molecule has 0 aliphatic heterocycles. The number of hydrogen-bond donors (Lipinski definition) is 1. The first-order valence-corrected chi connectivity index (χ1v) is 10.3. The maximum Gasteiger partial charge on any atom is 0.216 e. The van der Waals surface area contributed by atoms with E-state index in [-0.39, 0.29) is 5.75 Å². The zero-order valence-electron chi connectivity index (χ0n) is 14.4.